The lowest BCUT2D eigenvalue weighted by Crippen LogP contribution is -2.20. The van der Waals surface area contributed by atoms with Crippen LogP contribution in [-0.4, -0.2) is 62.4 Å². The molecule has 0 unspecified atom stereocenters. The maximum Gasteiger partial charge on any atom is 0.293 e. The van der Waals surface area contributed by atoms with Crippen LogP contribution in [-0.2, 0) is 14.1 Å². The molecule has 0 saturated heterocycles. The van der Waals surface area contributed by atoms with Gasteiger partial charge in [-0.2, -0.15) is 9.97 Å². The zero-order valence-electron chi connectivity index (χ0n) is 37.4. The molecule has 69 heavy (non-hydrogen) atoms. The second-order valence-corrected chi connectivity index (χ2v) is 16.4. The number of nitro benzene ring substituents is 1. The number of anilines is 5. The van der Waals surface area contributed by atoms with Gasteiger partial charge in [-0.3, -0.25) is 28.8 Å². The van der Waals surface area contributed by atoms with E-state index in [0.717, 1.165) is 5.56 Å². The largest absolute Gasteiger partial charge is 0.495 e. The van der Waals surface area contributed by atoms with E-state index in [2.05, 4.69) is 30.6 Å². The predicted molar refractivity (Wildman–Crippen MR) is 273 cm³/mol. The average Bonchev–Trinajstić information content (AvgIpc) is 3.32. The van der Waals surface area contributed by atoms with Crippen molar-refractivity contribution in [2.24, 2.45) is 14.1 Å². The van der Waals surface area contributed by atoms with E-state index in [1.165, 1.54) is 55.9 Å². The number of ether oxygens (including phenoxy) is 4. The molecule has 22 heteroatoms. The third kappa shape index (κ3) is 9.69. The lowest BCUT2D eigenvalue weighted by molar-refractivity contribution is -0.384. The molecule has 358 valence electrons. The normalized spacial score (nSPS) is 10.8. The number of nitrogens with two attached hydrogens (primary N) is 1. The number of para-hydroxylation sites is 2. The summed E-state index contributed by atoms with van der Waals surface area (Å²) in [5, 5.41) is 19.3. The summed E-state index contributed by atoms with van der Waals surface area (Å²) in [6.45, 7) is 3.66. The van der Waals surface area contributed by atoms with Gasteiger partial charge in [0.25, 0.3) is 16.8 Å². The molecule has 4 N–H and O–H groups in total. The minimum atomic E-state index is -0.492. The molecule has 4 heterocycles. The van der Waals surface area contributed by atoms with Crippen LogP contribution in [0.4, 0.5) is 34.6 Å². The summed E-state index contributed by atoms with van der Waals surface area (Å²) in [7, 11) is 8.99. The molecule has 8 aromatic rings. The predicted octanol–water partition coefficient (Wildman–Crippen LogP) is 10.9. The van der Waals surface area contributed by atoms with E-state index in [9.17, 15) is 19.7 Å². The van der Waals surface area contributed by atoms with Gasteiger partial charge in [0.05, 0.1) is 76.0 Å². The molecule has 0 aliphatic heterocycles. The Morgan fingerprint density at radius 1 is 0.623 bits per heavy atom. The van der Waals surface area contributed by atoms with Crippen LogP contribution in [0.1, 0.15) is 18.6 Å². The molecule has 0 atom stereocenters. The molecular formula is C47H44Cl4N10O8. The quantitative estimate of drug-likeness (QED) is 0.0622. The Bertz CT molecular complexity index is 3380. The van der Waals surface area contributed by atoms with E-state index in [1.54, 1.807) is 63.6 Å². The summed E-state index contributed by atoms with van der Waals surface area (Å²) in [4.78, 5) is 55.3. The van der Waals surface area contributed by atoms with Gasteiger partial charge in [-0.1, -0.05) is 78.1 Å². The number of hydrogen-bond donors (Lipinski definition) is 3. The van der Waals surface area contributed by atoms with E-state index in [-0.39, 0.29) is 67.1 Å². The van der Waals surface area contributed by atoms with Gasteiger partial charge in [-0.15, -0.1) is 0 Å². The lowest BCUT2D eigenvalue weighted by Gasteiger charge is -2.16. The molecule has 0 radical (unpaired) electrons. The summed E-state index contributed by atoms with van der Waals surface area (Å²) in [6, 6.07) is 16.6. The van der Waals surface area contributed by atoms with Gasteiger partial charge < -0.3 is 35.3 Å². The molecule has 0 saturated carbocycles. The van der Waals surface area contributed by atoms with Gasteiger partial charge in [0.1, 0.15) is 40.0 Å². The number of pyridine rings is 2. The zero-order chi connectivity index (χ0) is 49.3. The molecule has 0 aliphatic carbocycles. The van der Waals surface area contributed by atoms with Crippen molar-refractivity contribution in [3.8, 4) is 45.3 Å². The van der Waals surface area contributed by atoms with E-state index < -0.39 is 10.5 Å². The van der Waals surface area contributed by atoms with Crippen molar-refractivity contribution in [1.82, 2.24) is 29.1 Å². The number of fused-ring (bicyclic) bond motifs is 2. The van der Waals surface area contributed by atoms with Gasteiger partial charge in [-0.25, -0.2) is 9.97 Å². The molecule has 0 aliphatic rings. The Morgan fingerprint density at radius 3 is 1.38 bits per heavy atom. The molecule has 4 aromatic heterocycles. The highest BCUT2D eigenvalue weighted by molar-refractivity contribution is 6.42. The fourth-order valence-electron chi connectivity index (χ4n) is 7.27. The Labute approximate surface area is 414 Å². The van der Waals surface area contributed by atoms with Crippen LogP contribution in [0, 0.1) is 24.0 Å². The number of hydrogen-bond acceptors (Lipinski definition) is 15. The molecule has 18 nitrogen and oxygen atoms in total. The summed E-state index contributed by atoms with van der Waals surface area (Å²) in [5.41, 5.74) is 10.1. The average molecular weight is 1020 g/mol. The number of nitro groups is 1. The van der Waals surface area contributed by atoms with Crippen LogP contribution < -0.4 is 46.4 Å². The van der Waals surface area contributed by atoms with Crippen molar-refractivity contribution in [2.45, 2.75) is 21.3 Å². The van der Waals surface area contributed by atoms with Crippen LogP contribution in [0.2, 0.25) is 20.1 Å². The van der Waals surface area contributed by atoms with Crippen LogP contribution >= 0.6 is 46.4 Å². The number of benzene rings is 4. The Balaban J connectivity index is 0.000000224. The highest BCUT2D eigenvalue weighted by Gasteiger charge is 2.25. The van der Waals surface area contributed by atoms with Crippen molar-refractivity contribution >= 4 is 103 Å². The van der Waals surface area contributed by atoms with Crippen molar-refractivity contribution in [3.63, 3.8) is 0 Å². The molecular weight excluding hydrogens is 974 g/mol. The monoisotopic (exact) mass is 1020 g/mol. The standard InChI is InChI=1S/C23H19Cl2N5O5.C23H21Cl2N5O3.CH4/c1-11-6-5-7-14(30(32)33)20(11)27-23-26-10-12-8-13(22(31)29(2)21(12)28-23)17-18(24)15(34-3)9-16(35-4)19(17)25;1-11-6-5-7-14(26)20(11)28-23-27-10-12-8-13(22(31)30(2)21(12)29-23)17-18(24)15(32-3)9-16(33-4)19(17)25;/h5-10H,1-4H3,(H,26,27,28);5-10H,26H2,1-4H3,(H,27,28,29);1H4. The zero-order valence-corrected chi connectivity index (χ0v) is 40.4. The van der Waals surface area contributed by atoms with Gasteiger partial charge >= 0.3 is 0 Å². The van der Waals surface area contributed by atoms with E-state index >= 15 is 0 Å². The SMILES string of the molecule is C.COc1cc(OC)c(Cl)c(-c2cc3cnc(Nc4c(C)cccc4N)nc3n(C)c2=O)c1Cl.COc1cc(OC)c(Cl)c(-c2cc3cnc(Nc4c(C)cccc4[N+](=O)[O-])nc3n(C)c2=O)c1Cl. The number of nitrogens with one attached hydrogen (secondary N) is 2. The number of aromatic nitrogens is 6. The minimum absolute atomic E-state index is 0. The Hall–Kier alpha value is -7.38. The molecule has 8 rings (SSSR count). The van der Waals surface area contributed by atoms with E-state index in [0.29, 0.717) is 73.5 Å². The molecule has 0 spiro atoms. The first-order valence-electron chi connectivity index (χ1n) is 20.0. The minimum Gasteiger partial charge on any atom is -0.495 e. The molecule has 0 bridgehead atoms. The third-order valence-electron chi connectivity index (χ3n) is 10.8. The number of rotatable bonds is 11. The maximum atomic E-state index is 13.3. The number of nitrogen functional groups attached to an aromatic ring is 1. The molecule has 0 fully saturated rings. The summed E-state index contributed by atoms with van der Waals surface area (Å²) in [6.07, 6.45) is 3.11. The van der Waals surface area contributed by atoms with Gasteiger partial charge in [0, 0.05) is 66.6 Å². The number of methoxy groups -OCH3 is 4. The van der Waals surface area contributed by atoms with Gasteiger partial charge in [0.2, 0.25) is 11.9 Å². The number of halogens is 4. The van der Waals surface area contributed by atoms with Gasteiger partial charge in [-0.05, 0) is 43.2 Å². The number of aryl methyl sites for hydroxylation is 4. The van der Waals surface area contributed by atoms with Crippen LogP contribution in [0.3, 0.4) is 0 Å². The van der Waals surface area contributed by atoms with Crippen molar-refractivity contribution in [3.05, 3.63) is 135 Å². The van der Waals surface area contributed by atoms with Crippen molar-refractivity contribution < 1.29 is 23.9 Å². The first kappa shape index (κ1) is 51.0. The summed E-state index contributed by atoms with van der Waals surface area (Å²) >= 11 is 26.1. The summed E-state index contributed by atoms with van der Waals surface area (Å²) < 4.78 is 24.0. The van der Waals surface area contributed by atoms with Crippen LogP contribution in [0.5, 0.6) is 23.0 Å². The lowest BCUT2D eigenvalue weighted by atomic mass is 10.0. The van der Waals surface area contributed by atoms with E-state index in [4.69, 9.17) is 71.1 Å². The summed E-state index contributed by atoms with van der Waals surface area (Å²) in [5.74, 6) is 1.66. The van der Waals surface area contributed by atoms with Crippen LogP contribution in [0.25, 0.3) is 44.3 Å². The second-order valence-electron chi connectivity index (χ2n) is 14.9. The smallest absolute Gasteiger partial charge is 0.293 e. The molecule has 0 amide bonds. The molecule has 4 aromatic carbocycles. The second kappa shape index (κ2) is 20.9. The Morgan fingerprint density at radius 2 is 1.00 bits per heavy atom. The van der Waals surface area contributed by atoms with Crippen LogP contribution in [0.15, 0.2) is 82.6 Å². The Kier molecular flexibility index (Phi) is 15.4. The highest BCUT2D eigenvalue weighted by atomic mass is 35.5. The topological polar surface area (TPSA) is 226 Å². The first-order valence-corrected chi connectivity index (χ1v) is 21.5. The van der Waals surface area contributed by atoms with Crippen molar-refractivity contribution in [1.29, 1.82) is 0 Å². The first-order chi connectivity index (χ1) is 32.4. The maximum absolute atomic E-state index is 13.3. The van der Waals surface area contributed by atoms with E-state index in [1.807, 2.05) is 19.1 Å². The van der Waals surface area contributed by atoms with Crippen molar-refractivity contribution in [2.75, 3.05) is 44.8 Å². The fraction of sp³-hybridized carbons (Fsp3) is 0.191. The van der Waals surface area contributed by atoms with Gasteiger partial charge in [0.15, 0.2) is 0 Å². The highest BCUT2D eigenvalue weighted by Crippen LogP contribution is 2.47. The number of nitrogens with zero attached hydrogens (tertiary/aromatic N) is 7. The third-order valence-corrected chi connectivity index (χ3v) is 12.3. The fourth-order valence-corrected chi connectivity index (χ4v) is 8.68.